The summed E-state index contributed by atoms with van der Waals surface area (Å²) in [6, 6.07) is 15.1. The SMILES string of the molecule is COc1ccc(NC(=O)c2ccc3[nH]c(O)c(-c4ccc(S(=O)(=O)N5CCN(C)CC5)cn4)c3c2)cc1.Cl. The standard InChI is InChI=1S/C26H27N5O5S.ClH/c1-30-11-13-31(14-12-30)37(34,35)20-8-10-23(27-16-20)24-21-15-17(3-9-22(21)29-26(24)33)25(32)28-18-4-6-19(36-2)7-5-18;/h3-10,15-16,29,33H,11-14H2,1-2H3,(H,28,32);1H. The molecule has 5 rings (SSSR count). The number of aromatic amines is 1. The van der Waals surface area contributed by atoms with Crippen LogP contribution < -0.4 is 10.1 Å². The highest BCUT2D eigenvalue weighted by atomic mass is 35.5. The Morgan fingerprint density at radius 2 is 1.76 bits per heavy atom. The number of pyridine rings is 1. The zero-order valence-electron chi connectivity index (χ0n) is 20.8. The fourth-order valence-electron chi connectivity index (χ4n) is 4.31. The van der Waals surface area contributed by atoms with Crippen molar-refractivity contribution in [2.75, 3.05) is 45.7 Å². The van der Waals surface area contributed by atoms with Crippen LogP contribution in [0.15, 0.2) is 65.7 Å². The van der Waals surface area contributed by atoms with Gasteiger partial charge in [-0.2, -0.15) is 4.31 Å². The molecule has 4 aromatic rings. The summed E-state index contributed by atoms with van der Waals surface area (Å²) in [6.45, 7) is 2.18. The van der Waals surface area contributed by atoms with E-state index in [0.29, 0.717) is 65.3 Å². The Morgan fingerprint density at radius 3 is 2.39 bits per heavy atom. The highest BCUT2D eigenvalue weighted by Gasteiger charge is 2.28. The summed E-state index contributed by atoms with van der Waals surface area (Å²) < 4.78 is 32.7. The summed E-state index contributed by atoms with van der Waals surface area (Å²) in [5.74, 6) is 0.242. The number of nitrogens with one attached hydrogen (secondary N) is 2. The molecule has 1 aliphatic heterocycles. The number of anilines is 1. The first-order chi connectivity index (χ1) is 17.8. The van der Waals surface area contributed by atoms with Crippen LogP contribution >= 0.6 is 12.4 Å². The van der Waals surface area contributed by atoms with Crippen molar-refractivity contribution >= 4 is 44.9 Å². The fraction of sp³-hybridized carbons (Fsp3) is 0.231. The Labute approximate surface area is 226 Å². The molecule has 1 fully saturated rings. The van der Waals surface area contributed by atoms with E-state index in [1.165, 1.54) is 16.6 Å². The fourth-order valence-corrected chi connectivity index (χ4v) is 5.68. The van der Waals surface area contributed by atoms with E-state index in [0.717, 1.165) is 0 Å². The number of aromatic hydroxyl groups is 1. The second-order valence-electron chi connectivity index (χ2n) is 8.88. The van der Waals surface area contributed by atoms with Gasteiger partial charge in [-0.05, 0) is 61.6 Å². The molecule has 38 heavy (non-hydrogen) atoms. The Kier molecular flexibility index (Phi) is 7.93. The largest absolute Gasteiger partial charge is 0.497 e. The predicted octanol–water partition coefficient (Wildman–Crippen LogP) is 3.55. The number of fused-ring (bicyclic) bond motifs is 1. The van der Waals surface area contributed by atoms with Crippen molar-refractivity contribution in [3.05, 3.63) is 66.4 Å². The number of methoxy groups -OCH3 is 1. The zero-order valence-corrected chi connectivity index (χ0v) is 22.5. The molecular weight excluding hydrogens is 530 g/mol. The number of aromatic nitrogens is 2. The van der Waals surface area contributed by atoms with Gasteiger partial charge in [-0.1, -0.05) is 0 Å². The van der Waals surface area contributed by atoms with Crippen molar-refractivity contribution in [3.8, 4) is 22.9 Å². The lowest BCUT2D eigenvalue weighted by molar-refractivity contribution is 0.102. The number of benzene rings is 2. The molecule has 0 aliphatic carbocycles. The Hall–Kier alpha value is -3.64. The van der Waals surface area contributed by atoms with Crippen LogP contribution in [-0.4, -0.2) is 78.9 Å². The normalized spacial score (nSPS) is 14.7. The number of rotatable bonds is 6. The number of ether oxygens (including phenoxy) is 1. The summed E-state index contributed by atoms with van der Waals surface area (Å²) in [5, 5.41) is 14.0. The number of H-pyrrole nitrogens is 1. The minimum absolute atomic E-state index is 0. The molecule has 200 valence electrons. The van der Waals surface area contributed by atoms with E-state index in [-0.39, 0.29) is 29.1 Å². The zero-order chi connectivity index (χ0) is 26.2. The van der Waals surface area contributed by atoms with E-state index in [1.54, 1.807) is 55.6 Å². The molecule has 1 saturated heterocycles. The van der Waals surface area contributed by atoms with Crippen molar-refractivity contribution in [3.63, 3.8) is 0 Å². The first-order valence-corrected chi connectivity index (χ1v) is 13.2. The number of carbonyl (C=O) groups is 1. The first kappa shape index (κ1) is 27.4. The van der Waals surface area contributed by atoms with Crippen LogP contribution in [-0.2, 0) is 10.0 Å². The van der Waals surface area contributed by atoms with E-state index in [2.05, 4.69) is 20.2 Å². The number of sulfonamides is 1. The number of carbonyl (C=O) groups excluding carboxylic acids is 1. The molecule has 0 spiro atoms. The topological polar surface area (TPSA) is 128 Å². The quantitative estimate of drug-likeness (QED) is 0.331. The van der Waals surface area contributed by atoms with Crippen molar-refractivity contribution < 1.29 is 23.1 Å². The van der Waals surface area contributed by atoms with E-state index >= 15 is 0 Å². The molecule has 0 bridgehead atoms. The van der Waals surface area contributed by atoms with Gasteiger partial charge in [-0.15, -0.1) is 12.4 Å². The van der Waals surface area contributed by atoms with Gasteiger partial charge in [0.2, 0.25) is 10.0 Å². The molecule has 0 atom stereocenters. The molecule has 1 aliphatic rings. The van der Waals surface area contributed by atoms with E-state index in [9.17, 15) is 18.3 Å². The molecule has 0 saturated carbocycles. The molecule has 3 N–H and O–H groups in total. The van der Waals surface area contributed by atoms with Gasteiger partial charge in [0.15, 0.2) is 5.88 Å². The summed E-state index contributed by atoms with van der Waals surface area (Å²) in [6.07, 6.45) is 1.31. The lowest BCUT2D eigenvalue weighted by Gasteiger charge is -2.31. The van der Waals surface area contributed by atoms with Gasteiger partial charge in [0.05, 0.1) is 18.4 Å². The lowest BCUT2D eigenvalue weighted by Crippen LogP contribution is -2.47. The van der Waals surface area contributed by atoms with Gasteiger partial charge < -0.3 is 25.0 Å². The molecule has 0 unspecified atom stereocenters. The van der Waals surface area contributed by atoms with Gasteiger partial charge >= 0.3 is 0 Å². The highest BCUT2D eigenvalue weighted by molar-refractivity contribution is 7.89. The Bertz CT molecular complexity index is 1550. The number of likely N-dealkylation sites (N-methyl/N-ethyl adjacent to an activating group) is 1. The monoisotopic (exact) mass is 557 g/mol. The molecular formula is C26H28ClN5O5S. The molecule has 2 aromatic carbocycles. The van der Waals surface area contributed by atoms with Crippen LogP contribution in [0.3, 0.4) is 0 Å². The van der Waals surface area contributed by atoms with Crippen molar-refractivity contribution in [1.82, 2.24) is 19.2 Å². The van der Waals surface area contributed by atoms with Crippen LogP contribution in [0.1, 0.15) is 10.4 Å². The van der Waals surface area contributed by atoms with Gasteiger partial charge in [0.25, 0.3) is 5.91 Å². The van der Waals surface area contributed by atoms with Crippen LogP contribution in [0.25, 0.3) is 22.2 Å². The first-order valence-electron chi connectivity index (χ1n) is 11.7. The average Bonchev–Trinajstić information content (AvgIpc) is 3.24. The number of hydrogen-bond donors (Lipinski definition) is 3. The van der Waals surface area contributed by atoms with Crippen LogP contribution in [0, 0.1) is 0 Å². The summed E-state index contributed by atoms with van der Waals surface area (Å²) >= 11 is 0. The van der Waals surface area contributed by atoms with Crippen molar-refractivity contribution in [2.24, 2.45) is 0 Å². The number of hydrogen-bond acceptors (Lipinski definition) is 7. The molecule has 2 aromatic heterocycles. The van der Waals surface area contributed by atoms with Crippen LogP contribution in [0.2, 0.25) is 0 Å². The minimum atomic E-state index is -3.66. The van der Waals surface area contributed by atoms with E-state index < -0.39 is 10.0 Å². The summed E-state index contributed by atoms with van der Waals surface area (Å²) in [7, 11) is -0.131. The van der Waals surface area contributed by atoms with Crippen LogP contribution in [0.5, 0.6) is 11.6 Å². The maximum Gasteiger partial charge on any atom is 0.255 e. The average molecular weight is 558 g/mol. The third-order valence-corrected chi connectivity index (χ3v) is 8.36. The Balaban J connectivity index is 0.00000336. The summed E-state index contributed by atoms with van der Waals surface area (Å²) in [4.78, 5) is 22.3. The number of halogens is 1. The maximum absolute atomic E-state index is 13.0. The number of piperazine rings is 1. The molecule has 12 heteroatoms. The second kappa shape index (κ2) is 11.0. The third-order valence-electron chi connectivity index (χ3n) is 6.48. The molecule has 3 heterocycles. The highest BCUT2D eigenvalue weighted by Crippen LogP contribution is 2.36. The second-order valence-corrected chi connectivity index (χ2v) is 10.8. The third kappa shape index (κ3) is 5.32. The Morgan fingerprint density at radius 1 is 1.05 bits per heavy atom. The van der Waals surface area contributed by atoms with E-state index in [4.69, 9.17) is 4.74 Å². The molecule has 0 radical (unpaired) electrons. The van der Waals surface area contributed by atoms with Crippen molar-refractivity contribution in [1.29, 1.82) is 0 Å². The summed E-state index contributed by atoms with van der Waals surface area (Å²) in [5.41, 5.74) is 2.38. The molecule has 1 amide bonds. The number of amides is 1. The predicted molar refractivity (Wildman–Crippen MR) is 148 cm³/mol. The van der Waals surface area contributed by atoms with Crippen molar-refractivity contribution in [2.45, 2.75) is 4.90 Å². The van der Waals surface area contributed by atoms with E-state index in [1.807, 2.05) is 7.05 Å². The number of nitrogens with zero attached hydrogens (tertiary/aromatic N) is 3. The van der Waals surface area contributed by atoms with Gasteiger partial charge in [-0.3, -0.25) is 9.78 Å². The van der Waals surface area contributed by atoms with Gasteiger partial charge in [0.1, 0.15) is 10.6 Å². The lowest BCUT2D eigenvalue weighted by atomic mass is 10.1. The van der Waals surface area contributed by atoms with Gasteiger partial charge in [-0.25, -0.2) is 8.42 Å². The molecule has 10 nitrogen and oxygen atoms in total. The minimum Gasteiger partial charge on any atom is -0.497 e. The van der Waals surface area contributed by atoms with Gasteiger partial charge in [0, 0.05) is 54.5 Å². The maximum atomic E-state index is 13.0. The van der Waals surface area contributed by atoms with Crippen LogP contribution in [0.4, 0.5) is 5.69 Å². The smallest absolute Gasteiger partial charge is 0.255 e.